The Morgan fingerprint density at radius 1 is 0.575 bits per heavy atom. The predicted octanol–water partition coefficient (Wildman–Crippen LogP) is -5.03. The number of carboxylic acids is 3. The van der Waals surface area contributed by atoms with Gasteiger partial charge in [-0.2, -0.15) is 0 Å². The Kier molecular flexibility index (Phi) is 28.8. The third-order valence-corrected chi connectivity index (χ3v) is 13.1. The number of carbonyl (C=O) groups is 13. The van der Waals surface area contributed by atoms with E-state index < -0.39 is 163 Å². The molecule has 2 fully saturated rings. The summed E-state index contributed by atoms with van der Waals surface area (Å²) in [6, 6.07) is -13.5. The number of rotatable bonds is 34. The molecule has 0 aromatic heterocycles. The van der Waals surface area contributed by atoms with Crippen LogP contribution in [0.15, 0.2) is 0 Å². The van der Waals surface area contributed by atoms with Crippen molar-refractivity contribution in [2.24, 2.45) is 29.0 Å². The van der Waals surface area contributed by atoms with E-state index in [0.717, 1.165) is 6.92 Å². The summed E-state index contributed by atoms with van der Waals surface area (Å²) in [5.74, 6) is -14.4. The van der Waals surface area contributed by atoms with Gasteiger partial charge in [0.15, 0.2) is 5.96 Å². The molecule has 19 N–H and O–H groups in total. The van der Waals surface area contributed by atoms with Gasteiger partial charge in [-0.15, -0.1) is 0 Å². The molecule has 0 aromatic rings. The SMILES string of the molecule is CC(C)C[C@H](NC(=O)CNC(=O)[C@H](C)NC(=O)[C@H](CC(=O)O)NC(=O)[C@H](CC(=O)O)NC(=O)[C@H](C)NC(=O)[C@@H]1CCCN1C(=O)[C@@H](N)CCCCN)C(=O)N[C@H](C(=O)N[C@@H](CCCNC(=N)N)C(=O)N1CCC[C@H]1C(=O)O)C(C)C. The maximum Gasteiger partial charge on any atom is 0.326 e. The van der Waals surface area contributed by atoms with Crippen molar-refractivity contribution in [3.63, 3.8) is 0 Å². The molecule has 0 bridgehead atoms. The van der Waals surface area contributed by atoms with E-state index in [-0.39, 0.29) is 63.6 Å². The molecule has 0 radical (unpaired) electrons. The number of likely N-dealkylation sites (tertiary alicyclic amines) is 2. The zero-order valence-electron chi connectivity index (χ0n) is 46.2. The van der Waals surface area contributed by atoms with Gasteiger partial charge in [-0.05, 0) is 90.0 Å². The lowest BCUT2D eigenvalue weighted by Crippen LogP contribution is -2.60. The number of hydrogen-bond donors (Lipinski definition) is 16. The summed E-state index contributed by atoms with van der Waals surface area (Å²) >= 11 is 0. The van der Waals surface area contributed by atoms with Gasteiger partial charge in [-0.1, -0.05) is 34.1 Å². The highest BCUT2D eigenvalue weighted by Crippen LogP contribution is 2.21. The Balaban J connectivity index is 2.11. The Hall–Kier alpha value is -7.70. The Bertz CT molecular complexity index is 2250. The minimum absolute atomic E-state index is 0.0209. The highest BCUT2D eigenvalue weighted by Gasteiger charge is 2.41. The van der Waals surface area contributed by atoms with E-state index >= 15 is 0 Å². The van der Waals surface area contributed by atoms with E-state index in [1.165, 1.54) is 16.7 Å². The lowest BCUT2D eigenvalue weighted by molar-refractivity contribution is -0.149. The van der Waals surface area contributed by atoms with Crippen LogP contribution in [0.25, 0.3) is 0 Å². The van der Waals surface area contributed by atoms with Gasteiger partial charge in [-0.25, -0.2) is 4.79 Å². The molecule has 0 aromatic carbocycles. The fourth-order valence-corrected chi connectivity index (χ4v) is 8.83. The zero-order valence-corrected chi connectivity index (χ0v) is 46.2. The van der Waals surface area contributed by atoms with Crippen LogP contribution in [0.5, 0.6) is 0 Å². The maximum absolute atomic E-state index is 13.8. The molecule has 450 valence electrons. The number of unbranched alkanes of at least 4 members (excludes halogenated alkanes) is 1. The second-order valence-corrected chi connectivity index (χ2v) is 20.6. The Labute approximate surface area is 463 Å². The van der Waals surface area contributed by atoms with E-state index in [0.29, 0.717) is 38.6 Å². The van der Waals surface area contributed by atoms with Gasteiger partial charge < -0.3 is 90.2 Å². The lowest BCUT2D eigenvalue weighted by Gasteiger charge is -2.30. The lowest BCUT2D eigenvalue weighted by atomic mass is 9.99. The average Bonchev–Trinajstić information content (AvgIpc) is 4.08. The van der Waals surface area contributed by atoms with Crippen molar-refractivity contribution in [2.75, 3.05) is 32.7 Å². The topological polar surface area (TPSA) is 499 Å². The molecular weight excluding hydrogens is 1050 g/mol. The van der Waals surface area contributed by atoms with E-state index in [2.05, 4.69) is 47.9 Å². The first kappa shape index (κ1) is 68.4. The number of hydrogen-bond acceptors (Lipinski definition) is 16. The number of nitrogens with zero attached hydrogens (tertiary/aromatic N) is 2. The highest BCUT2D eigenvalue weighted by atomic mass is 16.4. The standard InChI is InChI=1S/C49H83N15O16/c1-24(2)20-30(43(74)62-38(25(3)4)45(76)59-29(13-9-17-54-49(52)53)47(78)64-19-11-15-34(64)48(79)80)58-35(65)23-55-39(70)26(5)56-41(72)31(21-36(66)67)61-42(73)32(22-37(68)69)60-40(71)27(6)57-44(75)33-14-10-18-63(33)46(77)28(51)12-7-8-16-50/h24-34,38H,7-23,50-51H2,1-6H3,(H,55,70)(H,56,72)(H,57,75)(H,58,65)(H,59,76)(H,60,71)(H,61,73)(H,62,74)(H,66,67)(H,68,69)(H,79,80)(H4,52,53,54)/t26-,27-,28-,29-,30-,31-,32-,33-,34-,38-/m0/s1. The van der Waals surface area contributed by atoms with Crippen molar-refractivity contribution >= 4 is 82.9 Å². The molecule has 0 spiro atoms. The first-order valence-corrected chi connectivity index (χ1v) is 26.7. The van der Waals surface area contributed by atoms with Crippen LogP contribution in [0, 0.1) is 17.2 Å². The quantitative estimate of drug-likeness (QED) is 0.0163. The molecule has 31 heteroatoms. The Morgan fingerprint density at radius 2 is 1.10 bits per heavy atom. The van der Waals surface area contributed by atoms with Crippen LogP contribution in [-0.4, -0.2) is 201 Å². The summed E-state index contributed by atoms with van der Waals surface area (Å²) in [5, 5.41) is 57.8. The molecule has 80 heavy (non-hydrogen) atoms. The van der Waals surface area contributed by atoms with Gasteiger partial charge in [-0.3, -0.25) is 62.9 Å². The first-order valence-electron chi connectivity index (χ1n) is 26.7. The molecule has 2 rings (SSSR count). The van der Waals surface area contributed by atoms with Gasteiger partial charge in [0, 0.05) is 19.6 Å². The summed E-state index contributed by atoms with van der Waals surface area (Å²) in [6.45, 7) is 9.30. The zero-order chi connectivity index (χ0) is 60.6. The first-order chi connectivity index (χ1) is 37.5. The maximum atomic E-state index is 13.8. The largest absolute Gasteiger partial charge is 0.481 e. The van der Waals surface area contributed by atoms with Crippen molar-refractivity contribution in [3.05, 3.63) is 0 Å². The summed E-state index contributed by atoms with van der Waals surface area (Å²) in [6.07, 6.45) is 1.11. The summed E-state index contributed by atoms with van der Waals surface area (Å²) in [4.78, 5) is 172. The fraction of sp³-hybridized carbons (Fsp3) is 0.714. The molecular formula is C49H83N15O16. The van der Waals surface area contributed by atoms with Crippen LogP contribution in [0.4, 0.5) is 0 Å². The van der Waals surface area contributed by atoms with Crippen LogP contribution in [0.3, 0.4) is 0 Å². The highest BCUT2D eigenvalue weighted by molar-refractivity contribution is 6.00. The number of amides is 10. The van der Waals surface area contributed by atoms with Crippen LogP contribution in [0.1, 0.15) is 119 Å². The minimum atomic E-state index is -1.96. The van der Waals surface area contributed by atoms with Crippen molar-refractivity contribution < 1.29 is 77.6 Å². The van der Waals surface area contributed by atoms with E-state index in [4.69, 9.17) is 22.6 Å². The molecule has 10 amide bonds. The molecule has 10 atom stereocenters. The van der Waals surface area contributed by atoms with Gasteiger partial charge in [0.2, 0.25) is 59.1 Å². The summed E-state index contributed by atoms with van der Waals surface area (Å²) in [5.41, 5.74) is 17.0. The van der Waals surface area contributed by atoms with E-state index in [1.54, 1.807) is 27.7 Å². The number of carbonyl (C=O) groups excluding carboxylic acids is 10. The second-order valence-electron chi connectivity index (χ2n) is 20.6. The van der Waals surface area contributed by atoms with Gasteiger partial charge >= 0.3 is 17.9 Å². The minimum Gasteiger partial charge on any atom is -0.481 e. The smallest absolute Gasteiger partial charge is 0.326 e. The van der Waals surface area contributed by atoms with Gasteiger partial charge in [0.1, 0.15) is 54.4 Å². The molecule has 2 aliphatic rings. The number of carboxylic acid groups (broad SMARTS) is 3. The number of nitrogens with one attached hydrogen (secondary N) is 10. The monoisotopic (exact) mass is 1140 g/mol. The summed E-state index contributed by atoms with van der Waals surface area (Å²) in [7, 11) is 0. The normalized spacial score (nSPS) is 17.9. The third-order valence-electron chi connectivity index (χ3n) is 13.1. The van der Waals surface area contributed by atoms with E-state index in [1.807, 2.05) is 0 Å². The van der Waals surface area contributed by atoms with Crippen molar-refractivity contribution in [3.8, 4) is 0 Å². The Morgan fingerprint density at radius 3 is 1.64 bits per heavy atom. The molecule has 0 saturated carbocycles. The number of aliphatic carboxylic acids is 3. The summed E-state index contributed by atoms with van der Waals surface area (Å²) < 4.78 is 0. The second kappa shape index (κ2) is 33.7. The molecule has 0 unspecified atom stereocenters. The van der Waals surface area contributed by atoms with Crippen molar-refractivity contribution in [1.82, 2.24) is 57.7 Å². The average molecular weight is 1140 g/mol. The predicted molar refractivity (Wildman–Crippen MR) is 284 cm³/mol. The van der Waals surface area contributed by atoms with Gasteiger partial charge in [0.05, 0.1) is 25.4 Å². The third kappa shape index (κ3) is 22.9. The molecule has 2 aliphatic heterocycles. The van der Waals surface area contributed by atoms with Crippen LogP contribution < -0.4 is 65.1 Å². The van der Waals surface area contributed by atoms with Crippen LogP contribution >= 0.6 is 0 Å². The molecule has 0 aliphatic carbocycles. The number of guanidine groups is 1. The fourth-order valence-electron chi connectivity index (χ4n) is 8.83. The van der Waals surface area contributed by atoms with Gasteiger partial charge in [0.25, 0.3) is 0 Å². The van der Waals surface area contributed by atoms with Crippen molar-refractivity contribution in [1.29, 1.82) is 5.41 Å². The van der Waals surface area contributed by atoms with Crippen molar-refractivity contribution in [2.45, 2.75) is 179 Å². The van der Waals surface area contributed by atoms with Crippen LogP contribution in [-0.2, 0) is 62.3 Å². The molecule has 2 saturated heterocycles. The van der Waals surface area contributed by atoms with Crippen LogP contribution in [0.2, 0.25) is 0 Å². The molecule has 2 heterocycles. The molecule has 31 nitrogen and oxygen atoms in total. The van der Waals surface area contributed by atoms with E-state index in [9.17, 15) is 77.6 Å². The number of nitrogens with two attached hydrogens (primary N) is 3.